The van der Waals surface area contributed by atoms with Crippen molar-refractivity contribution in [2.24, 2.45) is 0 Å². The summed E-state index contributed by atoms with van der Waals surface area (Å²) in [5.41, 5.74) is 4.21. The largest absolute Gasteiger partial charge is 0.326 e. The van der Waals surface area contributed by atoms with Gasteiger partial charge in [-0.3, -0.25) is 9.59 Å². The lowest BCUT2D eigenvalue weighted by Crippen LogP contribution is -2.13. The second-order valence-corrected chi connectivity index (χ2v) is 8.25. The fraction of sp³-hybridized carbons (Fsp3) is 0.0800. The Morgan fingerprint density at radius 2 is 1.55 bits per heavy atom. The Hall–Kier alpha value is -3.28. The van der Waals surface area contributed by atoms with Crippen LogP contribution in [0.5, 0.6) is 0 Å². The maximum Gasteiger partial charge on any atom is 0.224 e. The lowest BCUT2D eigenvalue weighted by atomic mass is 10.1. The van der Waals surface area contributed by atoms with Gasteiger partial charge < -0.3 is 5.32 Å². The smallest absolute Gasteiger partial charge is 0.224 e. The van der Waals surface area contributed by atoms with E-state index in [4.69, 9.17) is 16.6 Å². The van der Waals surface area contributed by atoms with Gasteiger partial charge in [0.2, 0.25) is 5.91 Å². The van der Waals surface area contributed by atoms with Crippen molar-refractivity contribution < 1.29 is 9.59 Å². The van der Waals surface area contributed by atoms with E-state index in [1.807, 2.05) is 60.0 Å². The predicted octanol–water partition coefficient (Wildman–Crippen LogP) is 6.73. The van der Waals surface area contributed by atoms with E-state index >= 15 is 0 Å². The minimum atomic E-state index is -0.199. The van der Waals surface area contributed by atoms with Gasteiger partial charge in [-0.1, -0.05) is 54.1 Å². The summed E-state index contributed by atoms with van der Waals surface area (Å²) in [5.74, 6) is -0.282. The van der Waals surface area contributed by atoms with Crippen molar-refractivity contribution in [2.45, 2.75) is 12.8 Å². The second kappa shape index (κ2) is 9.69. The number of nitrogens with zero attached hydrogens (tertiary/aromatic N) is 1. The molecule has 154 valence electrons. The minimum absolute atomic E-state index is 0.0834. The van der Waals surface area contributed by atoms with Crippen molar-refractivity contribution in [3.63, 3.8) is 0 Å². The van der Waals surface area contributed by atoms with Gasteiger partial charge in [0.15, 0.2) is 5.78 Å². The molecule has 0 saturated heterocycles. The van der Waals surface area contributed by atoms with E-state index in [2.05, 4.69) is 5.32 Å². The Morgan fingerprint density at radius 1 is 0.839 bits per heavy atom. The van der Waals surface area contributed by atoms with Crippen molar-refractivity contribution in [3.8, 4) is 21.8 Å². The highest BCUT2D eigenvalue weighted by Crippen LogP contribution is 2.29. The summed E-state index contributed by atoms with van der Waals surface area (Å²) in [6.45, 7) is 0. The second-order valence-electron chi connectivity index (χ2n) is 6.96. The molecule has 1 amide bonds. The number of carbonyl (C=O) groups is 2. The third kappa shape index (κ3) is 5.45. The van der Waals surface area contributed by atoms with Crippen molar-refractivity contribution >= 4 is 40.3 Å². The topological polar surface area (TPSA) is 59.1 Å². The van der Waals surface area contributed by atoms with E-state index in [1.54, 1.807) is 35.6 Å². The van der Waals surface area contributed by atoms with Gasteiger partial charge >= 0.3 is 0 Å². The highest BCUT2D eigenvalue weighted by molar-refractivity contribution is 7.13. The van der Waals surface area contributed by atoms with Crippen molar-refractivity contribution in [3.05, 3.63) is 94.8 Å². The molecule has 31 heavy (non-hydrogen) atoms. The molecule has 0 aliphatic rings. The first-order valence-corrected chi connectivity index (χ1v) is 11.0. The lowest BCUT2D eigenvalue weighted by molar-refractivity contribution is -0.116. The molecule has 4 nitrogen and oxygen atoms in total. The van der Waals surface area contributed by atoms with Gasteiger partial charge in [-0.2, -0.15) is 0 Å². The third-order valence-electron chi connectivity index (χ3n) is 4.73. The van der Waals surface area contributed by atoms with Crippen LogP contribution in [0.4, 0.5) is 5.69 Å². The number of aromatic nitrogens is 1. The number of ketones is 1. The van der Waals surface area contributed by atoms with Gasteiger partial charge in [0, 0.05) is 45.6 Å². The zero-order valence-electron chi connectivity index (χ0n) is 16.5. The number of anilines is 1. The number of rotatable bonds is 7. The van der Waals surface area contributed by atoms with Gasteiger partial charge in [0.1, 0.15) is 5.01 Å². The van der Waals surface area contributed by atoms with Crippen molar-refractivity contribution in [1.82, 2.24) is 4.98 Å². The monoisotopic (exact) mass is 446 g/mol. The minimum Gasteiger partial charge on any atom is -0.326 e. The van der Waals surface area contributed by atoms with Crippen LogP contribution >= 0.6 is 22.9 Å². The molecule has 0 bridgehead atoms. The van der Waals surface area contributed by atoms with E-state index in [0.717, 1.165) is 21.8 Å². The molecule has 1 heterocycles. The van der Waals surface area contributed by atoms with Crippen LogP contribution in [0.3, 0.4) is 0 Å². The predicted molar refractivity (Wildman–Crippen MR) is 127 cm³/mol. The lowest BCUT2D eigenvalue weighted by Gasteiger charge is -2.06. The first-order chi connectivity index (χ1) is 15.1. The van der Waals surface area contributed by atoms with Crippen molar-refractivity contribution in [2.75, 3.05) is 5.32 Å². The molecule has 0 atom stereocenters. The van der Waals surface area contributed by atoms with Gasteiger partial charge in [-0.15, -0.1) is 11.3 Å². The first kappa shape index (κ1) is 21.0. The van der Waals surface area contributed by atoms with Crippen LogP contribution in [-0.2, 0) is 4.79 Å². The number of amides is 1. The normalized spacial score (nSPS) is 10.6. The quantitative estimate of drug-likeness (QED) is 0.320. The summed E-state index contributed by atoms with van der Waals surface area (Å²) >= 11 is 7.44. The molecule has 0 saturated carbocycles. The summed E-state index contributed by atoms with van der Waals surface area (Å²) < 4.78 is 0. The SMILES string of the molecule is O=C(CCC(=O)c1ccc(Cl)cc1)Nc1ccc(-c2csc(-c3ccccc3)n2)cc1. The average molecular weight is 447 g/mol. The molecule has 3 aromatic carbocycles. The molecule has 0 spiro atoms. The fourth-order valence-corrected chi connectivity index (χ4v) is 4.04. The number of Topliss-reactive ketones (excluding diaryl/α,β-unsaturated/α-hetero) is 1. The standard InChI is InChI=1S/C25H19ClN2O2S/c26-20-10-6-18(7-11-20)23(29)14-15-24(30)27-21-12-8-17(9-13-21)22-16-31-25(28-22)19-4-2-1-3-5-19/h1-13,16H,14-15H2,(H,27,30). The van der Waals surface area contributed by atoms with Crippen LogP contribution in [-0.4, -0.2) is 16.7 Å². The number of hydrogen-bond acceptors (Lipinski definition) is 4. The van der Waals surface area contributed by atoms with Crippen LogP contribution in [0, 0.1) is 0 Å². The van der Waals surface area contributed by atoms with Crippen LogP contribution in [0.2, 0.25) is 5.02 Å². The molecule has 0 radical (unpaired) electrons. The number of thiazole rings is 1. The summed E-state index contributed by atoms with van der Waals surface area (Å²) in [6, 6.07) is 24.3. The highest BCUT2D eigenvalue weighted by atomic mass is 35.5. The number of hydrogen-bond donors (Lipinski definition) is 1. The van der Waals surface area contributed by atoms with Crippen molar-refractivity contribution in [1.29, 1.82) is 0 Å². The first-order valence-electron chi connectivity index (χ1n) is 9.78. The molecular formula is C25H19ClN2O2S. The van der Waals surface area contributed by atoms with Crippen LogP contribution in [0.1, 0.15) is 23.2 Å². The Bertz CT molecular complexity index is 1190. The maximum absolute atomic E-state index is 12.2. The van der Waals surface area contributed by atoms with Crippen LogP contribution in [0.15, 0.2) is 84.2 Å². The summed E-state index contributed by atoms with van der Waals surface area (Å²) in [4.78, 5) is 29.1. The zero-order chi connectivity index (χ0) is 21.6. The van der Waals surface area contributed by atoms with Crippen LogP contribution in [0.25, 0.3) is 21.8 Å². The Kier molecular flexibility index (Phi) is 6.55. The van der Waals surface area contributed by atoms with E-state index in [0.29, 0.717) is 16.3 Å². The maximum atomic E-state index is 12.2. The Morgan fingerprint density at radius 3 is 2.26 bits per heavy atom. The molecule has 4 aromatic rings. The van der Waals surface area contributed by atoms with E-state index in [1.165, 1.54) is 0 Å². The molecule has 4 rings (SSSR count). The van der Waals surface area contributed by atoms with E-state index < -0.39 is 0 Å². The van der Waals surface area contributed by atoms with E-state index in [9.17, 15) is 9.59 Å². The molecule has 1 aromatic heterocycles. The van der Waals surface area contributed by atoms with Gasteiger partial charge in [0.25, 0.3) is 0 Å². The summed E-state index contributed by atoms with van der Waals surface area (Å²) in [7, 11) is 0. The molecule has 0 fully saturated rings. The number of halogens is 1. The molecular weight excluding hydrogens is 428 g/mol. The molecule has 0 unspecified atom stereocenters. The van der Waals surface area contributed by atoms with Gasteiger partial charge in [-0.05, 0) is 36.4 Å². The summed E-state index contributed by atoms with van der Waals surface area (Å²) in [6.07, 6.45) is 0.266. The fourth-order valence-electron chi connectivity index (χ4n) is 3.07. The zero-order valence-corrected chi connectivity index (χ0v) is 18.1. The molecule has 0 aliphatic carbocycles. The third-order valence-corrected chi connectivity index (χ3v) is 5.88. The summed E-state index contributed by atoms with van der Waals surface area (Å²) in [5, 5.41) is 6.41. The van der Waals surface area contributed by atoms with Gasteiger partial charge in [-0.25, -0.2) is 4.98 Å². The Labute approximate surface area is 189 Å². The Balaban J connectivity index is 1.33. The molecule has 0 aliphatic heterocycles. The number of nitrogens with one attached hydrogen (secondary N) is 1. The van der Waals surface area contributed by atoms with Crippen LogP contribution < -0.4 is 5.32 Å². The average Bonchev–Trinajstić information content (AvgIpc) is 3.29. The number of carbonyl (C=O) groups excluding carboxylic acids is 2. The van der Waals surface area contributed by atoms with Gasteiger partial charge in [0.05, 0.1) is 5.69 Å². The number of benzene rings is 3. The highest BCUT2D eigenvalue weighted by Gasteiger charge is 2.11. The van der Waals surface area contributed by atoms with E-state index in [-0.39, 0.29) is 24.5 Å². The molecule has 1 N–H and O–H groups in total. The molecule has 6 heteroatoms.